The van der Waals surface area contributed by atoms with E-state index in [0.29, 0.717) is 43.9 Å². The zero-order valence-electron chi connectivity index (χ0n) is 20.4. The highest BCUT2D eigenvalue weighted by atomic mass is 32.1. The number of fused-ring (bicyclic) bond motifs is 1. The van der Waals surface area contributed by atoms with E-state index in [1.165, 1.54) is 11.3 Å². The van der Waals surface area contributed by atoms with Gasteiger partial charge >= 0.3 is 0 Å². The topological polar surface area (TPSA) is 97.9 Å². The first-order valence-electron chi connectivity index (χ1n) is 12.6. The van der Waals surface area contributed by atoms with E-state index in [-0.39, 0.29) is 23.8 Å². The molecule has 1 aromatic heterocycles. The summed E-state index contributed by atoms with van der Waals surface area (Å²) in [5, 5.41) is 8.78. The van der Waals surface area contributed by atoms with Gasteiger partial charge in [0.2, 0.25) is 11.8 Å². The first-order valence-corrected chi connectivity index (χ1v) is 13.4. The number of nitrogens with zero attached hydrogens (tertiary/aromatic N) is 4. The number of amides is 3. The van der Waals surface area contributed by atoms with E-state index in [4.69, 9.17) is 0 Å². The summed E-state index contributed by atoms with van der Waals surface area (Å²) in [5.41, 5.74) is 4.67. The fraction of sp³-hybridized carbons (Fsp3) is 0.333. The number of hydrogen-bond donors (Lipinski definition) is 2. The smallest absolute Gasteiger partial charge is 0.282 e. The van der Waals surface area contributed by atoms with Gasteiger partial charge in [0.05, 0.1) is 0 Å². The van der Waals surface area contributed by atoms with E-state index in [2.05, 4.69) is 20.5 Å². The van der Waals surface area contributed by atoms with Crippen LogP contribution < -0.4 is 15.5 Å². The molecule has 0 saturated carbocycles. The molecule has 2 saturated heterocycles. The summed E-state index contributed by atoms with van der Waals surface area (Å²) in [6.07, 6.45) is 3.30. The highest BCUT2D eigenvalue weighted by Gasteiger charge is 2.36. The number of anilines is 4. The van der Waals surface area contributed by atoms with Gasteiger partial charge in [-0.25, -0.2) is 4.98 Å². The van der Waals surface area contributed by atoms with E-state index in [1.807, 2.05) is 57.6 Å². The van der Waals surface area contributed by atoms with Crippen molar-refractivity contribution in [3.05, 3.63) is 64.6 Å². The van der Waals surface area contributed by atoms with Crippen molar-refractivity contribution < 1.29 is 14.4 Å². The van der Waals surface area contributed by atoms with E-state index >= 15 is 0 Å². The van der Waals surface area contributed by atoms with Crippen LogP contribution >= 0.6 is 11.3 Å². The van der Waals surface area contributed by atoms with Crippen LogP contribution in [0.4, 0.5) is 22.7 Å². The van der Waals surface area contributed by atoms with E-state index in [9.17, 15) is 14.4 Å². The van der Waals surface area contributed by atoms with Gasteiger partial charge in [0.15, 0.2) is 5.01 Å². The predicted molar refractivity (Wildman–Crippen MR) is 143 cm³/mol. The fourth-order valence-electron chi connectivity index (χ4n) is 5.39. The molecular weight excluding hydrogens is 488 g/mol. The lowest BCUT2D eigenvalue weighted by molar-refractivity contribution is -0.117. The second-order valence-corrected chi connectivity index (χ2v) is 10.5. The molecule has 0 bridgehead atoms. The van der Waals surface area contributed by atoms with Crippen molar-refractivity contribution in [2.45, 2.75) is 25.3 Å². The zero-order chi connectivity index (χ0) is 25.4. The molecule has 9 nitrogen and oxygen atoms in total. The van der Waals surface area contributed by atoms with Gasteiger partial charge in [0.1, 0.15) is 0 Å². The van der Waals surface area contributed by atoms with Crippen molar-refractivity contribution in [1.82, 2.24) is 14.8 Å². The molecule has 0 spiro atoms. The van der Waals surface area contributed by atoms with E-state index < -0.39 is 0 Å². The molecule has 37 heavy (non-hydrogen) atoms. The second kappa shape index (κ2) is 9.95. The molecule has 10 heteroatoms. The number of carbonyl (C=O) groups excluding carboxylic acids is 3. The summed E-state index contributed by atoms with van der Waals surface area (Å²) in [4.78, 5) is 47.6. The molecule has 2 fully saturated rings. The largest absolute Gasteiger partial charge is 0.355 e. The van der Waals surface area contributed by atoms with Gasteiger partial charge < -0.3 is 20.4 Å². The van der Waals surface area contributed by atoms with Gasteiger partial charge in [-0.15, -0.1) is 11.3 Å². The molecule has 0 aliphatic carbocycles. The Morgan fingerprint density at radius 1 is 1.05 bits per heavy atom. The molecule has 3 aliphatic heterocycles. The lowest BCUT2D eigenvalue weighted by Crippen LogP contribution is -2.52. The monoisotopic (exact) mass is 516 g/mol. The van der Waals surface area contributed by atoms with Crippen LogP contribution in [0.5, 0.6) is 0 Å². The van der Waals surface area contributed by atoms with E-state index in [0.717, 1.165) is 41.4 Å². The molecule has 2 aromatic carbocycles. The van der Waals surface area contributed by atoms with Crippen molar-refractivity contribution in [2.24, 2.45) is 0 Å². The van der Waals surface area contributed by atoms with Crippen LogP contribution in [-0.4, -0.2) is 71.3 Å². The number of carbonyl (C=O) groups is 3. The predicted octanol–water partition coefficient (Wildman–Crippen LogP) is 3.33. The average Bonchev–Trinajstić information content (AvgIpc) is 3.59. The van der Waals surface area contributed by atoms with Crippen molar-refractivity contribution in [2.75, 3.05) is 48.3 Å². The normalized spacial score (nSPS) is 20.1. The molecule has 2 N–H and O–H groups in total. The molecule has 3 aromatic rings. The summed E-state index contributed by atoms with van der Waals surface area (Å²) >= 11 is 1.37. The molecule has 6 rings (SSSR count). The summed E-state index contributed by atoms with van der Waals surface area (Å²) < 4.78 is 0. The fourth-order valence-corrected chi connectivity index (χ4v) is 5.99. The van der Waals surface area contributed by atoms with Crippen LogP contribution in [0.3, 0.4) is 0 Å². The summed E-state index contributed by atoms with van der Waals surface area (Å²) in [5.74, 6) is 0.148. The zero-order valence-corrected chi connectivity index (χ0v) is 21.2. The van der Waals surface area contributed by atoms with Crippen molar-refractivity contribution >= 4 is 51.8 Å². The Hall–Kier alpha value is -3.76. The molecule has 1 atom stereocenters. The van der Waals surface area contributed by atoms with Crippen LogP contribution in [0.25, 0.3) is 0 Å². The molecule has 4 heterocycles. The lowest BCUT2D eigenvalue weighted by Gasteiger charge is -2.37. The standard InChI is InChI=1S/C27H28N6O3S/c34-24-8-7-21-22(5-2-6-23(21)30-24)29-18-3-1-4-19(15-18)33-17-20(16-25(33)35)31-10-12-32(13-11-31)27(36)26-28-9-14-37-26/h1-6,9,14-15,20,29H,7-8,10-13,16-17H2,(H,30,34). The van der Waals surface area contributed by atoms with Crippen LogP contribution in [0, 0.1) is 0 Å². The maximum atomic E-state index is 13.0. The minimum Gasteiger partial charge on any atom is -0.355 e. The van der Waals surface area contributed by atoms with Crippen molar-refractivity contribution in [1.29, 1.82) is 0 Å². The van der Waals surface area contributed by atoms with Crippen LogP contribution in [0.2, 0.25) is 0 Å². The number of nitrogens with one attached hydrogen (secondary N) is 2. The molecule has 190 valence electrons. The third kappa shape index (κ3) is 4.82. The molecular formula is C27H28N6O3S. The number of piperazine rings is 1. The van der Waals surface area contributed by atoms with E-state index in [1.54, 1.807) is 6.20 Å². The Labute approximate surface area is 219 Å². The highest BCUT2D eigenvalue weighted by molar-refractivity contribution is 7.11. The first-order chi connectivity index (χ1) is 18.0. The Kier molecular flexibility index (Phi) is 6.35. The van der Waals surface area contributed by atoms with Gasteiger partial charge in [-0.2, -0.15) is 0 Å². The molecule has 0 radical (unpaired) electrons. The van der Waals surface area contributed by atoms with Gasteiger partial charge in [-0.3, -0.25) is 19.3 Å². The van der Waals surface area contributed by atoms with Crippen LogP contribution in [-0.2, 0) is 16.0 Å². The SMILES string of the molecule is O=C1CCc2c(cccc2Nc2cccc(N3CC(N4CCN(C(=O)c5nccs5)CC4)CC3=O)c2)N1. The third-order valence-corrected chi connectivity index (χ3v) is 8.09. The number of thiazole rings is 1. The first kappa shape index (κ1) is 23.6. The summed E-state index contributed by atoms with van der Waals surface area (Å²) in [6.45, 7) is 3.42. The molecule has 3 amide bonds. The Balaban J connectivity index is 1.11. The van der Waals surface area contributed by atoms with Gasteiger partial charge in [0.25, 0.3) is 5.91 Å². The number of rotatable bonds is 5. The minimum atomic E-state index is -0.00912. The number of benzene rings is 2. The van der Waals surface area contributed by atoms with Gasteiger partial charge in [0, 0.05) is 85.9 Å². The maximum absolute atomic E-state index is 13.0. The lowest BCUT2D eigenvalue weighted by atomic mass is 10.0. The Bertz CT molecular complexity index is 1340. The Morgan fingerprint density at radius 2 is 1.89 bits per heavy atom. The van der Waals surface area contributed by atoms with Crippen LogP contribution in [0.15, 0.2) is 54.0 Å². The summed E-state index contributed by atoms with van der Waals surface area (Å²) in [7, 11) is 0. The van der Waals surface area contributed by atoms with Crippen LogP contribution in [0.1, 0.15) is 28.2 Å². The quantitative estimate of drug-likeness (QED) is 0.540. The minimum absolute atomic E-state index is 0.00912. The van der Waals surface area contributed by atoms with Gasteiger partial charge in [-0.1, -0.05) is 12.1 Å². The van der Waals surface area contributed by atoms with Crippen molar-refractivity contribution in [3.8, 4) is 0 Å². The average molecular weight is 517 g/mol. The Morgan fingerprint density at radius 3 is 2.70 bits per heavy atom. The van der Waals surface area contributed by atoms with Gasteiger partial charge in [-0.05, 0) is 42.3 Å². The number of aromatic nitrogens is 1. The van der Waals surface area contributed by atoms with Crippen molar-refractivity contribution in [3.63, 3.8) is 0 Å². The molecule has 1 unspecified atom stereocenters. The number of hydrogen-bond acceptors (Lipinski definition) is 7. The molecule has 3 aliphatic rings. The maximum Gasteiger partial charge on any atom is 0.282 e. The second-order valence-electron chi connectivity index (χ2n) is 9.58. The highest BCUT2D eigenvalue weighted by Crippen LogP contribution is 2.33. The third-order valence-electron chi connectivity index (χ3n) is 7.33. The summed E-state index contributed by atoms with van der Waals surface area (Å²) in [6, 6.07) is 13.9.